The van der Waals surface area contributed by atoms with Crippen LogP contribution < -0.4 is 5.73 Å². The largest absolute Gasteiger partial charge is 0.326 e. The van der Waals surface area contributed by atoms with E-state index in [1.165, 1.54) is 17.7 Å². The van der Waals surface area contributed by atoms with Gasteiger partial charge in [-0.3, -0.25) is 4.90 Å². The molecule has 0 fully saturated rings. The van der Waals surface area contributed by atoms with Crippen LogP contribution in [0.4, 0.5) is 0 Å². The minimum atomic E-state index is 0.107. The molecule has 3 unspecified atom stereocenters. The maximum absolute atomic E-state index is 6.22. The van der Waals surface area contributed by atoms with Gasteiger partial charge in [-0.25, -0.2) is 0 Å². The topological polar surface area (TPSA) is 29.3 Å². The van der Waals surface area contributed by atoms with Gasteiger partial charge in [-0.2, -0.15) is 11.8 Å². The first-order valence-electron chi connectivity index (χ1n) is 6.69. The molecule has 0 aliphatic rings. The van der Waals surface area contributed by atoms with Crippen LogP contribution in [0.5, 0.6) is 0 Å². The molecule has 0 aliphatic heterocycles. The van der Waals surface area contributed by atoms with Gasteiger partial charge in [-0.15, -0.1) is 0 Å². The normalized spacial score (nSPS) is 16.4. The summed E-state index contributed by atoms with van der Waals surface area (Å²) in [5.41, 5.74) is 7.50. The van der Waals surface area contributed by atoms with Gasteiger partial charge in [0, 0.05) is 22.6 Å². The zero-order chi connectivity index (χ0) is 14.4. The number of benzene rings is 1. The molecule has 2 N–H and O–H groups in total. The minimum absolute atomic E-state index is 0.107. The van der Waals surface area contributed by atoms with Gasteiger partial charge < -0.3 is 5.73 Å². The third kappa shape index (κ3) is 5.10. The third-order valence-corrected chi connectivity index (χ3v) is 4.70. The maximum atomic E-state index is 6.22. The van der Waals surface area contributed by atoms with E-state index >= 15 is 0 Å². The van der Waals surface area contributed by atoms with E-state index in [4.69, 9.17) is 5.73 Å². The lowest BCUT2D eigenvalue weighted by Gasteiger charge is -2.36. The molecule has 1 rings (SSSR count). The summed E-state index contributed by atoms with van der Waals surface area (Å²) in [7, 11) is 2.18. The van der Waals surface area contributed by atoms with Crippen molar-refractivity contribution >= 4 is 27.7 Å². The summed E-state index contributed by atoms with van der Waals surface area (Å²) in [4.78, 5) is 2.41. The number of likely N-dealkylation sites (N-methyl/N-ethyl adjacent to an activating group) is 1. The van der Waals surface area contributed by atoms with Crippen molar-refractivity contribution in [3.8, 4) is 0 Å². The smallest absolute Gasteiger partial charge is 0.0496 e. The lowest BCUT2D eigenvalue weighted by atomic mass is 9.98. The summed E-state index contributed by atoms with van der Waals surface area (Å²) in [6, 6.07) is 9.36. The fourth-order valence-electron chi connectivity index (χ4n) is 2.37. The standard InChI is InChI=1S/C15H25BrN2S/c1-11(8-9-19-4)18(3)15(12(2)17)13-6-5-7-14(16)10-13/h5-7,10-12,15H,8-9,17H2,1-4H3. The van der Waals surface area contributed by atoms with Gasteiger partial charge in [-0.05, 0) is 57.0 Å². The Labute approximate surface area is 130 Å². The van der Waals surface area contributed by atoms with E-state index in [-0.39, 0.29) is 12.1 Å². The van der Waals surface area contributed by atoms with Gasteiger partial charge in [0.1, 0.15) is 0 Å². The second-order valence-corrected chi connectivity index (χ2v) is 7.06. The molecule has 0 saturated carbocycles. The molecular weight excluding hydrogens is 320 g/mol. The van der Waals surface area contributed by atoms with Crippen LogP contribution in [0.15, 0.2) is 28.7 Å². The molecule has 4 heteroatoms. The summed E-state index contributed by atoms with van der Waals surface area (Å²) < 4.78 is 1.11. The van der Waals surface area contributed by atoms with Crippen LogP contribution in [-0.2, 0) is 0 Å². The third-order valence-electron chi connectivity index (χ3n) is 3.56. The number of nitrogens with zero attached hydrogens (tertiary/aromatic N) is 1. The van der Waals surface area contributed by atoms with Crippen molar-refractivity contribution in [3.63, 3.8) is 0 Å². The molecule has 2 nitrogen and oxygen atoms in total. The Morgan fingerprint density at radius 3 is 2.58 bits per heavy atom. The van der Waals surface area contributed by atoms with E-state index in [1.54, 1.807) is 0 Å². The van der Waals surface area contributed by atoms with Gasteiger partial charge in [0.15, 0.2) is 0 Å². The number of hydrogen-bond donors (Lipinski definition) is 1. The van der Waals surface area contributed by atoms with Crippen LogP contribution in [0.2, 0.25) is 0 Å². The van der Waals surface area contributed by atoms with Crippen LogP contribution in [0.1, 0.15) is 31.9 Å². The SMILES string of the molecule is CSCCC(C)N(C)C(c1cccc(Br)c1)C(C)N. The van der Waals surface area contributed by atoms with E-state index in [9.17, 15) is 0 Å². The van der Waals surface area contributed by atoms with Crippen molar-refractivity contribution in [3.05, 3.63) is 34.3 Å². The molecule has 0 amide bonds. The Morgan fingerprint density at radius 2 is 2.05 bits per heavy atom. The minimum Gasteiger partial charge on any atom is -0.326 e. The average Bonchev–Trinajstić information content (AvgIpc) is 2.35. The van der Waals surface area contributed by atoms with Gasteiger partial charge >= 0.3 is 0 Å². The van der Waals surface area contributed by atoms with E-state index in [1.807, 2.05) is 11.8 Å². The van der Waals surface area contributed by atoms with E-state index in [2.05, 4.69) is 72.2 Å². The Kier molecular flexibility index (Phi) is 7.44. The zero-order valence-corrected chi connectivity index (χ0v) is 14.7. The molecule has 0 spiro atoms. The molecule has 1 aromatic rings. The molecule has 0 aromatic heterocycles. The number of thioether (sulfide) groups is 1. The summed E-state index contributed by atoms with van der Waals surface area (Å²) >= 11 is 5.45. The van der Waals surface area contributed by atoms with Crippen LogP contribution in [0, 0.1) is 0 Å². The number of nitrogens with two attached hydrogens (primary N) is 1. The highest BCUT2D eigenvalue weighted by molar-refractivity contribution is 9.10. The molecule has 3 atom stereocenters. The van der Waals surface area contributed by atoms with E-state index in [0.717, 1.165) is 4.47 Å². The van der Waals surface area contributed by atoms with Crippen molar-refractivity contribution in [2.45, 2.75) is 38.4 Å². The Hall–Kier alpha value is -0.0300. The van der Waals surface area contributed by atoms with Gasteiger partial charge in [-0.1, -0.05) is 28.1 Å². The van der Waals surface area contributed by atoms with E-state index < -0.39 is 0 Å². The highest BCUT2D eigenvalue weighted by Gasteiger charge is 2.24. The quantitative estimate of drug-likeness (QED) is 0.812. The van der Waals surface area contributed by atoms with Crippen molar-refractivity contribution in [1.29, 1.82) is 0 Å². The number of hydrogen-bond acceptors (Lipinski definition) is 3. The molecule has 0 radical (unpaired) electrons. The summed E-state index contributed by atoms with van der Waals surface area (Å²) in [6.07, 6.45) is 3.35. The number of halogens is 1. The predicted molar refractivity (Wildman–Crippen MR) is 90.8 cm³/mol. The molecule has 0 bridgehead atoms. The predicted octanol–water partition coefficient (Wildman–Crippen LogP) is 3.91. The van der Waals surface area contributed by atoms with Gasteiger partial charge in [0.05, 0.1) is 0 Å². The first-order valence-corrected chi connectivity index (χ1v) is 8.88. The Balaban J connectivity index is 2.88. The van der Waals surface area contributed by atoms with Gasteiger partial charge in [0.25, 0.3) is 0 Å². The van der Waals surface area contributed by atoms with E-state index in [0.29, 0.717) is 6.04 Å². The first kappa shape index (κ1) is 17.0. The second-order valence-electron chi connectivity index (χ2n) is 5.15. The molecular formula is C15H25BrN2S. The highest BCUT2D eigenvalue weighted by Crippen LogP contribution is 2.27. The Morgan fingerprint density at radius 1 is 1.37 bits per heavy atom. The monoisotopic (exact) mass is 344 g/mol. The first-order chi connectivity index (χ1) is 8.97. The lowest BCUT2D eigenvalue weighted by molar-refractivity contribution is 0.162. The molecule has 0 aliphatic carbocycles. The molecule has 0 heterocycles. The average molecular weight is 345 g/mol. The van der Waals surface area contributed by atoms with Crippen LogP contribution in [-0.4, -0.2) is 36.0 Å². The van der Waals surface area contributed by atoms with Crippen molar-refractivity contribution in [2.75, 3.05) is 19.1 Å². The molecule has 0 saturated heterocycles. The summed E-state index contributed by atoms with van der Waals surface area (Å²) in [5, 5.41) is 0. The molecule has 19 heavy (non-hydrogen) atoms. The highest BCUT2D eigenvalue weighted by atomic mass is 79.9. The van der Waals surface area contributed by atoms with Crippen LogP contribution >= 0.6 is 27.7 Å². The Bertz CT molecular complexity index is 384. The van der Waals surface area contributed by atoms with Crippen LogP contribution in [0.25, 0.3) is 0 Å². The fourth-order valence-corrected chi connectivity index (χ4v) is 3.36. The zero-order valence-electron chi connectivity index (χ0n) is 12.3. The maximum Gasteiger partial charge on any atom is 0.0496 e. The second kappa shape index (κ2) is 8.30. The molecule has 108 valence electrons. The summed E-state index contributed by atoms with van der Waals surface area (Å²) in [5.74, 6) is 1.19. The fraction of sp³-hybridized carbons (Fsp3) is 0.600. The van der Waals surface area contributed by atoms with Crippen molar-refractivity contribution in [1.82, 2.24) is 4.90 Å². The summed E-state index contributed by atoms with van der Waals surface area (Å²) in [6.45, 7) is 4.37. The van der Waals surface area contributed by atoms with Gasteiger partial charge in [0.2, 0.25) is 0 Å². The van der Waals surface area contributed by atoms with Crippen molar-refractivity contribution < 1.29 is 0 Å². The van der Waals surface area contributed by atoms with Crippen molar-refractivity contribution in [2.24, 2.45) is 5.73 Å². The number of rotatable bonds is 7. The lowest BCUT2D eigenvalue weighted by Crippen LogP contribution is -2.42. The molecule has 1 aromatic carbocycles. The van der Waals surface area contributed by atoms with Crippen LogP contribution in [0.3, 0.4) is 0 Å².